The first-order valence-corrected chi connectivity index (χ1v) is 6.03. The van der Waals surface area contributed by atoms with Crippen molar-refractivity contribution in [2.24, 2.45) is 11.8 Å². The predicted octanol–water partition coefficient (Wildman–Crippen LogP) is 1.49. The van der Waals surface area contributed by atoms with Gasteiger partial charge in [-0.15, -0.1) is 0 Å². The van der Waals surface area contributed by atoms with Crippen LogP contribution in [-0.2, 0) is 4.79 Å². The molecule has 0 saturated carbocycles. The molecule has 1 aliphatic heterocycles. The first kappa shape index (κ1) is 12.5. The van der Waals surface area contributed by atoms with Crippen molar-refractivity contribution in [1.29, 1.82) is 0 Å². The fourth-order valence-electron chi connectivity index (χ4n) is 1.61. The zero-order valence-corrected chi connectivity index (χ0v) is 10.4. The Kier molecular flexibility index (Phi) is 4.58. The molecular weight excluding hydrogens is 188 g/mol. The van der Waals surface area contributed by atoms with E-state index in [1.165, 1.54) is 19.5 Å². The van der Waals surface area contributed by atoms with Crippen molar-refractivity contribution in [3.63, 3.8) is 0 Å². The van der Waals surface area contributed by atoms with Gasteiger partial charge in [0.15, 0.2) is 0 Å². The summed E-state index contributed by atoms with van der Waals surface area (Å²) in [6.45, 7) is 11.6. The Morgan fingerprint density at radius 1 is 1.27 bits per heavy atom. The highest BCUT2D eigenvalue weighted by Gasteiger charge is 2.23. The molecule has 3 heteroatoms. The summed E-state index contributed by atoms with van der Waals surface area (Å²) < 4.78 is 0. The molecule has 0 aromatic carbocycles. The third-order valence-corrected chi connectivity index (χ3v) is 3.06. The zero-order chi connectivity index (χ0) is 11.4. The van der Waals surface area contributed by atoms with Gasteiger partial charge < -0.3 is 10.2 Å². The van der Waals surface area contributed by atoms with E-state index in [-0.39, 0.29) is 11.8 Å². The summed E-state index contributed by atoms with van der Waals surface area (Å²) in [4.78, 5) is 14.0. The average molecular weight is 212 g/mol. The number of carbonyl (C=O) groups is 1. The molecule has 0 spiro atoms. The maximum Gasteiger partial charge on any atom is 0.222 e. The Labute approximate surface area is 93.2 Å². The van der Waals surface area contributed by atoms with Crippen molar-refractivity contribution in [2.45, 2.75) is 40.2 Å². The smallest absolute Gasteiger partial charge is 0.222 e. The standard InChI is InChI=1S/C12H24N2O/c1-9(2)11(8-14-6-5-7-14)13-12(15)10(3)4/h9-11H,5-8H2,1-4H3,(H,13,15)/t11-/m1/s1. The van der Waals surface area contributed by atoms with Crippen LogP contribution < -0.4 is 5.32 Å². The van der Waals surface area contributed by atoms with Crippen LogP contribution >= 0.6 is 0 Å². The van der Waals surface area contributed by atoms with Gasteiger partial charge in [0.05, 0.1) is 0 Å². The second-order valence-corrected chi connectivity index (χ2v) is 5.17. The minimum Gasteiger partial charge on any atom is -0.352 e. The van der Waals surface area contributed by atoms with Gasteiger partial charge in [0, 0.05) is 18.5 Å². The molecule has 3 nitrogen and oxygen atoms in total. The molecule has 0 radical (unpaired) electrons. The molecular formula is C12H24N2O. The second kappa shape index (κ2) is 5.50. The quantitative estimate of drug-likeness (QED) is 0.749. The second-order valence-electron chi connectivity index (χ2n) is 5.17. The minimum absolute atomic E-state index is 0.0858. The molecule has 1 heterocycles. The topological polar surface area (TPSA) is 32.3 Å². The fraction of sp³-hybridized carbons (Fsp3) is 0.917. The molecule has 0 aromatic heterocycles. The number of carbonyl (C=O) groups excluding carboxylic acids is 1. The number of rotatable bonds is 5. The van der Waals surface area contributed by atoms with Crippen LogP contribution in [0, 0.1) is 11.8 Å². The van der Waals surface area contributed by atoms with Crippen LogP contribution in [0.1, 0.15) is 34.1 Å². The number of hydrogen-bond donors (Lipinski definition) is 1. The SMILES string of the molecule is CC(C)C(=O)N[C@H](CN1CCC1)C(C)C. The fourth-order valence-corrected chi connectivity index (χ4v) is 1.61. The summed E-state index contributed by atoms with van der Waals surface area (Å²) >= 11 is 0. The number of amides is 1. The molecule has 1 N–H and O–H groups in total. The molecule has 1 amide bonds. The van der Waals surface area contributed by atoms with Gasteiger partial charge in [-0.25, -0.2) is 0 Å². The van der Waals surface area contributed by atoms with Crippen molar-refractivity contribution >= 4 is 5.91 Å². The average Bonchev–Trinajstić information content (AvgIpc) is 2.07. The summed E-state index contributed by atoms with van der Waals surface area (Å²) in [6, 6.07) is 0.306. The van der Waals surface area contributed by atoms with Crippen molar-refractivity contribution in [3.05, 3.63) is 0 Å². The normalized spacial score (nSPS) is 19.1. The Bertz CT molecular complexity index is 210. The molecule has 15 heavy (non-hydrogen) atoms. The maximum atomic E-state index is 11.6. The highest BCUT2D eigenvalue weighted by atomic mass is 16.1. The molecule has 1 saturated heterocycles. The van der Waals surface area contributed by atoms with Crippen molar-refractivity contribution < 1.29 is 4.79 Å². The number of nitrogens with one attached hydrogen (secondary N) is 1. The van der Waals surface area contributed by atoms with Crippen LogP contribution in [0.5, 0.6) is 0 Å². The molecule has 1 rings (SSSR count). The molecule has 1 atom stereocenters. The van der Waals surface area contributed by atoms with E-state index < -0.39 is 0 Å². The third kappa shape index (κ3) is 3.82. The van der Waals surface area contributed by atoms with Crippen LogP contribution in [-0.4, -0.2) is 36.5 Å². The summed E-state index contributed by atoms with van der Waals surface area (Å²) in [7, 11) is 0. The van der Waals surface area contributed by atoms with E-state index in [4.69, 9.17) is 0 Å². The maximum absolute atomic E-state index is 11.6. The Morgan fingerprint density at radius 3 is 2.20 bits per heavy atom. The van der Waals surface area contributed by atoms with Gasteiger partial charge >= 0.3 is 0 Å². The van der Waals surface area contributed by atoms with Gasteiger partial charge in [-0.05, 0) is 25.4 Å². The Balaban J connectivity index is 2.38. The van der Waals surface area contributed by atoms with Crippen molar-refractivity contribution in [2.75, 3.05) is 19.6 Å². The van der Waals surface area contributed by atoms with Gasteiger partial charge in [-0.2, -0.15) is 0 Å². The molecule has 0 unspecified atom stereocenters. The molecule has 0 bridgehead atoms. The Morgan fingerprint density at radius 2 is 1.87 bits per heavy atom. The zero-order valence-electron chi connectivity index (χ0n) is 10.4. The van der Waals surface area contributed by atoms with Gasteiger partial charge in [0.1, 0.15) is 0 Å². The van der Waals surface area contributed by atoms with E-state index in [1.807, 2.05) is 13.8 Å². The molecule has 0 aliphatic carbocycles. The van der Waals surface area contributed by atoms with E-state index in [9.17, 15) is 4.79 Å². The molecule has 1 aliphatic rings. The van der Waals surface area contributed by atoms with E-state index >= 15 is 0 Å². The summed E-state index contributed by atoms with van der Waals surface area (Å²) in [6.07, 6.45) is 1.31. The molecule has 0 aromatic rings. The number of hydrogen-bond acceptors (Lipinski definition) is 2. The lowest BCUT2D eigenvalue weighted by Gasteiger charge is -2.36. The first-order chi connectivity index (χ1) is 7.00. The van der Waals surface area contributed by atoms with Crippen molar-refractivity contribution in [3.8, 4) is 0 Å². The van der Waals surface area contributed by atoms with Gasteiger partial charge in [-0.1, -0.05) is 27.7 Å². The van der Waals surface area contributed by atoms with Crippen molar-refractivity contribution in [1.82, 2.24) is 10.2 Å². The summed E-state index contributed by atoms with van der Waals surface area (Å²) in [5.74, 6) is 0.769. The largest absolute Gasteiger partial charge is 0.352 e. The number of nitrogens with zero attached hydrogens (tertiary/aromatic N) is 1. The van der Waals surface area contributed by atoms with E-state index in [1.54, 1.807) is 0 Å². The monoisotopic (exact) mass is 212 g/mol. The van der Waals surface area contributed by atoms with Gasteiger partial charge in [-0.3, -0.25) is 4.79 Å². The van der Waals surface area contributed by atoms with Crippen LogP contribution in [0.3, 0.4) is 0 Å². The molecule has 88 valence electrons. The van der Waals surface area contributed by atoms with E-state index in [0.717, 1.165) is 6.54 Å². The third-order valence-electron chi connectivity index (χ3n) is 3.06. The van der Waals surface area contributed by atoms with Crippen LogP contribution in [0.2, 0.25) is 0 Å². The lowest BCUT2D eigenvalue weighted by Crippen LogP contribution is -2.51. The van der Waals surface area contributed by atoms with Crippen LogP contribution in [0.4, 0.5) is 0 Å². The summed E-state index contributed by atoms with van der Waals surface area (Å²) in [5.41, 5.74) is 0. The lowest BCUT2D eigenvalue weighted by atomic mass is 10.0. The highest BCUT2D eigenvalue weighted by Crippen LogP contribution is 2.11. The van der Waals surface area contributed by atoms with E-state index in [0.29, 0.717) is 12.0 Å². The predicted molar refractivity (Wildman–Crippen MR) is 62.7 cm³/mol. The minimum atomic E-state index is 0.0858. The van der Waals surface area contributed by atoms with Gasteiger partial charge in [0.25, 0.3) is 0 Å². The lowest BCUT2D eigenvalue weighted by molar-refractivity contribution is -0.125. The summed E-state index contributed by atoms with van der Waals surface area (Å²) in [5, 5.41) is 3.13. The van der Waals surface area contributed by atoms with Crippen LogP contribution in [0.25, 0.3) is 0 Å². The number of likely N-dealkylation sites (tertiary alicyclic amines) is 1. The van der Waals surface area contributed by atoms with Gasteiger partial charge in [0.2, 0.25) is 5.91 Å². The highest BCUT2D eigenvalue weighted by molar-refractivity contribution is 5.78. The van der Waals surface area contributed by atoms with E-state index in [2.05, 4.69) is 24.1 Å². The van der Waals surface area contributed by atoms with Crippen LogP contribution in [0.15, 0.2) is 0 Å². The first-order valence-electron chi connectivity index (χ1n) is 6.03. The Hall–Kier alpha value is -0.570. The molecule has 1 fully saturated rings.